The number of nitrogens with one attached hydrogen (secondary N) is 1. The molecule has 2 aromatic heterocycles. The Morgan fingerprint density at radius 3 is 2.55 bits per heavy atom. The van der Waals surface area contributed by atoms with Gasteiger partial charge in [0.15, 0.2) is 17.3 Å². The molecule has 0 amide bonds. The Bertz CT molecular complexity index is 1280. The Balaban J connectivity index is 1.22. The smallest absolute Gasteiger partial charge is 0.329 e. The van der Waals surface area contributed by atoms with Gasteiger partial charge in [-0.25, -0.2) is 14.8 Å². The van der Waals surface area contributed by atoms with Crippen molar-refractivity contribution >= 4 is 29.4 Å². The number of hydrogen-bond acceptors (Lipinski definition) is 11. The number of hydrogen-bond donors (Lipinski definition) is 2. The molecule has 40 heavy (non-hydrogen) atoms. The number of anilines is 4. The molecule has 4 heterocycles. The van der Waals surface area contributed by atoms with Crippen molar-refractivity contribution in [3.05, 3.63) is 48.9 Å². The topological polar surface area (TPSA) is 135 Å². The lowest BCUT2D eigenvalue weighted by Crippen LogP contribution is -2.41. The van der Waals surface area contributed by atoms with E-state index in [1.165, 1.54) is 0 Å². The molecule has 0 spiro atoms. The maximum atomic E-state index is 10.9. The lowest BCUT2D eigenvalue weighted by molar-refractivity contribution is -0.144. The van der Waals surface area contributed by atoms with Crippen molar-refractivity contribution in [3.8, 4) is 11.5 Å². The van der Waals surface area contributed by atoms with Crippen LogP contribution in [0.25, 0.3) is 0 Å². The highest BCUT2D eigenvalue weighted by Gasteiger charge is 2.25. The molecule has 3 aromatic rings. The van der Waals surface area contributed by atoms with E-state index in [0.29, 0.717) is 31.5 Å². The zero-order chi connectivity index (χ0) is 27.7. The summed E-state index contributed by atoms with van der Waals surface area (Å²) >= 11 is 0. The number of aromatic nitrogens is 4. The Morgan fingerprint density at radius 2 is 1.75 bits per heavy atom. The van der Waals surface area contributed by atoms with Crippen LogP contribution < -0.4 is 24.6 Å². The van der Waals surface area contributed by atoms with Crippen molar-refractivity contribution in [1.29, 1.82) is 0 Å². The van der Waals surface area contributed by atoms with Gasteiger partial charge in [-0.3, -0.25) is 4.98 Å². The Kier molecular flexibility index (Phi) is 9.07. The molecule has 0 saturated carbocycles. The van der Waals surface area contributed by atoms with Gasteiger partial charge in [0.1, 0.15) is 24.3 Å². The zero-order valence-corrected chi connectivity index (χ0v) is 22.6. The first kappa shape index (κ1) is 27.4. The third kappa shape index (κ3) is 7.26. The van der Waals surface area contributed by atoms with Crippen molar-refractivity contribution in [2.24, 2.45) is 0 Å². The molecule has 2 saturated heterocycles. The fourth-order valence-corrected chi connectivity index (χ4v) is 4.98. The lowest BCUT2D eigenvalue weighted by Gasteiger charge is -2.34. The van der Waals surface area contributed by atoms with Gasteiger partial charge in [0.05, 0.1) is 31.6 Å². The monoisotopic (exact) mass is 549 g/mol. The second-order valence-electron chi connectivity index (χ2n) is 9.75. The van der Waals surface area contributed by atoms with Crippen LogP contribution in [-0.4, -0.2) is 82.6 Å². The van der Waals surface area contributed by atoms with Crippen molar-refractivity contribution in [2.75, 3.05) is 54.5 Å². The van der Waals surface area contributed by atoms with E-state index in [1.54, 1.807) is 18.6 Å². The molecule has 2 aliphatic heterocycles. The van der Waals surface area contributed by atoms with Crippen LogP contribution in [0.15, 0.2) is 48.9 Å². The molecule has 2 aliphatic rings. The molecule has 2 unspecified atom stereocenters. The van der Waals surface area contributed by atoms with Crippen LogP contribution in [0.1, 0.15) is 32.6 Å². The van der Waals surface area contributed by atoms with Crippen LogP contribution in [0, 0.1) is 0 Å². The van der Waals surface area contributed by atoms with E-state index in [9.17, 15) is 4.79 Å². The number of ether oxygens (including phenoxy) is 3. The van der Waals surface area contributed by atoms with Gasteiger partial charge in [-0.05, 0) is 50.8 Å². The molecule has 0 aliphatic carbocycles. The van der Waals surface area contributed by atoms with Gasteiger partial charge in [-0.1, -0.05) is 12.1 Å². The maximum absolute atomic E-state index is 10.9. The van der Waals surface area contributed by atoms with Crippen LogP contribution in [-0.2, 0) is 9.53 Å². The third-order valence-electron chi connectivity index (χ3n) is 6.79. The number of benzene rings is 1. The fraction of sp³-hybridized carbons (Fsp3) is 0.464. The van der Waals surface area contributed by atoms with E-state index < -0.39 is 5.97 Å². The minimum absolute atomic E-state index is 0.00151. The number of carboxylic acid groups (broad SMARTS) is 1. The molecule has 5 rings (SSSR count). The van der Waals surface area contributed by atoms with Gasteiger partial charge in [0, 0.05) is 25.8 Å². The Hall–Kier alpha value is -4.19. The number of nitrogens with zero attached hydrogens (tertiary/aromatic N) is 6. The van der Waals surface area contributed by atoms with Gasteiger partial charge < -0.3 is 34.4 Å². The molecular weight excluding hydrogens is 514 g/mol. The first-order valence-electron chi connectivity index (χ1n) is 13.7. The molecule has 2 atom stereocenters. The van der Waals surface area contributed by atoms with Crippen LogP contribution in [0.5, 0.6) is 11.5 Å². The van der Waals surface area contributed by atoms with Crippen molar-refractivity contribution in [1.82, 2.24) is 19.9 Å². The summed E-state index contributed by atoms with van der Waals surface area (Å²) < 4.78 is 17.6. The molecule has 2 N–H and O–H groups in total. The number of carboxylic acids is 1. The van der Waals surface area contributed by atoms with Crippen LogP contribution in [0.3, 0.4) is 0 Å². The predicted octanol–water partition coefficient (Wildman–Crippen LogP) is 3.53. The molecule has 212 valence electrons. The third-order valence-corrected chi connectivity index (χ3v) is 6.79. The maximum Gasteiger partial charge on any atom is 0.329 e. The summed E-state index contributed by atoms with van der Waals surface area (Å²) in [6.07, 6.45) is 8.57. The Morgan fingerprint density at radius 1 is 1.00 bits per heavy atom. The molecule has 1 aromatic carbocycles. The molecule has 2 fully saturated rings. The highest BCUT2D eigenvalue weighted by atomic mass is 16.5. The van der Waals surface area contributed by atoms with E-state index in [2.05, 4.69) is 30.1 Å². The summed E-state index contributed by atoms with van der Waals surface area (Å²) in [6.45, 7) is 5.18. The molecular formula is C28H35N7O5. The average molecular weight is 550 g/mol. The minimum atomic E-state index is -0.964. The van der Waals surface area contributed by atoms with Crippen molar-refractivity contribution in [2.45, 2.75) is 44.8 Å². The number of para-hydroxylation sites is 2. The summed E-state index contributed by atoms with van der Waals surface area (Å²) in [6, 6.07) is 9.60. The second kappa shape index (κ2) is 13.2. The van der Waals surface area contributed by atoms with Crippen molar-refractivity contribution in [3.63, 3.8) is 0 Å². The highest BCUT2D eigenvalue weighted by molar-refractivity contribution is 5.68. The van der Waals surface area contributed by atoms with E-state index in [-0.39, 0.29) is 18.8 Å². The normalized spacial score (nSPS) is 19.2. The standard InChI is InChI=1S/C28H35N7O5/c1-2-38-22-9-3-4-10-23(22)40-21-8-6-14-35(18-21)26-16-29-15-24(31-26)32-28-30-12-11-25(33-28)34-13-5-7-20(17-34)39-19-27(36)37/h3-4,9-12,15-16,20-21H,2,5-8,13-14,17-19H2,1H3,(H,36,37)(H,30,31,32,33). The predicted molar refractivity (Wildman–Crippen MR) is 150 cm³/mol. The summed E-state index contributed by atoms with van der Waals surface area (Å²) in [5.74, 6) is 2.99. The van der Waals surface area contributed by atoms with E-state index >= 15 is 0 Å². The van der Waals surface area contributed by atoms with Crippen molar-refractivity contribution < 1.29 is 24.1 Å². The quantitative estimate of drug-likeness (QED) is 0.362. The van der Waals surface area contributed by atoms with Crippen LogP contribution >= 0.6 is 0 Å². The lowest BCUT2D eigenvalue weighted by atomic mass is 10.1. The van der Waals surface area contributed by atoms with Gasteiger partial charge in [0.25, 0.3) is 0 Å². The summed E-state index contributed by atoms with van der Waals surface area (Å²) in [5.41, 5.74) is 0. The summed E-state index contributed by atoms with van der Waals surface area (Å²) in [7, 11) is 0. The minimum Gasteiger partial charge on any atom is -0.490 e. The second-order valence-corrected chi connectivity index (χ2v) is 9.75. The average Bonchev–Trinajstić information content (AvgIpc) is 2.98. The molecule has 12 heteroatoms. The number of aliphatic carboxylic acids is 1. The molecule has 12 nitrogen and oxygen atoms in total. The van der Waals surface area contributed by atoms with Crippen LogP contribution in [0.2, 0.25) is 0 Å². The highest BCUT2D eigenvalue weighted by Crippen LogP contribution is 2.30. The fourth-order valence-electron chi connectivity index (χ4n) is 4.98. The Labute approximate surface area is 233 Å². The summed E-state index contributed by atoms with van der Waals surface area (Å²) in [4.78, 5) is 33.3. The summed E-state index contributed by atoms with van der Waals surface area (Å²) in [5, 5.41) is 12.1. The molecule has 0 bridgehead atoms. The van der Waals surface area contributed by atoms with E-state index in [4.69, 9.17) is 24.3 Å². The van der Waals surface area contributed by atoms with Gasteiger partial charge in [-0.2, -0.15) is 4.98 Å². The van der Waals surface area contributed by atoms with Gasteiger partial charge >= 0.3 is 5.97 Å². The van der Waals surface area contributed by atoms with E-state index in [0.717, 1.165) is 61.9 Å². The zero-order valence-electron chi connectivity index (χ0n) is 22.6. The number of carbonyl (C=O) groups is 1. The number of rotatable bonds is 11. The SMILES string of the molecule is CCOc1ccccc1OC1CCCN(c2cncc(Nc3nccc(N4CCCC(OCC(=O)O)C4)n3)n2)C1. The number of piperidine rings is 2. The largest absolute Gasteiger partial charge is 0.490 e. The molecule has 0 radical (unpaired) electrons. The van der Waals surface area contributed by atoms with Gasteiger partial charge in [0.2, 0.25) is 5.95 Å². The first-order valence-corrected chi connectivity index (χ1v) is 13.7. The van der Waals surface area contributed by atoms with Gasteiger partial charge in [-0.15, -0.1) is 0 Å². The first-order chi connectivity index (χ1) is 19.6. The van der Waals surface area contributed by atoms with Crippen LogP contribution in [0.4, 0.5) is 23.4 Å². The van der Waals surface area contributed by atoms with E-state index in [1.807, 2.05) is 37.3 Å².